The van der Waals surface area contributed by atoms with E-state index >= 15 is 0 Å². The molecule has 1 atom stereocenters. The Morgan fingerprint density at radius 1 is 1.38 bits per heavy atom. The zero-order valence-corrected chi connectivity index (χ0v) is 11.8. The van der Waals surface area contributed by atoms with Crippen LogP contribution in [0.25, 0.3) is 0 Å². The number of hydrogen-bond donors (Lipinski definition) is 2. The Labute approximate surface area is 122 Å². The van der Waals surface area contributed by atoms with Gasteiger partial charge in [0.15, 0.2) is 11.6 Å². The third-order valence-corrected chi connectivity index (χ3v) is 3.51. The molecule has 0 bridgehead atoms. The van der Waals surface area contributed by atoms with E-state index in [0.29, 0.717) is 13.1 Å². The molecule has 1 fully saturated rings. The lowest BCUT2D eigenvalue weighted by Gasteiger charge is -2.29. The van der Waals surface area contributed by atoms with Crippen LogP contribution in [0.3, 0.4) is 0 Å². The Hall–Kier alpha value is -2.18. The predicted octanol–water partition coefficient (Wildman–Crippen LogP) is 1.73. The number of nitrogens with one attached hydrogen (secondary N) is 1. The molecule has 114 valence electrons. The number of carbonyl (C=O) groups is 2. The van der Waals surface area contributed by atoms with Crippen LogP contribution in [-0.4, -0.2) is 46.0 Å². The SMILES string of the molecule is CC(Nc1nccc(C(=O)O)c1F)C(=O)N1CCCCC1. The first-order chi connectivity index (χ1) is 10.0. The molecule has 6 nitrogen and oxygen atoms in total. The van der Waals surface area contributed by atoms with E-state index in [0.717, 1.165) is 25.3 Å². The second-order valence-corrected chi connectivity index (χ2v) is 5.08. The highest BCUT2D eigenvalue weighted by Crippen LogP contribution is 2.17. The van der Waals surface area contributed by atoms with Gasteiger partial charge in [-0.3, -0.25) is 4.79 Å². The zero-order chi connectivity index (χ0) is 15.4. The fourth-order valence-corrected chi connectivity index (χ4v) is 2.36. The molecule has 1 unspecified atom stereocenters. The number of hydrogen-bond acceptors (Lipinski definition) is 4. The van der Waals surface area contributed by atoms with E-state index in [-0.39, 0.29) is 11.7 Å². The molecule has 0 aliphatic carbocycles. The second-order valence-electron chi connectivity index (χ2n) is 5.08. The van der Waals surface area contributed by atoms with Gasteiger partial charge in [0.05, 0.1) is 0 Å². The van der Waals surface area contributed by atoms with Crippen LogP contribution in [0.5, 0.6) is 0 Å². The van der Waals surface area contributed by atoms with Crippen molar-refractivity contribution in [1.29, 1.82) is 0 Å². The maximum atomic E-state index is 14.0. The predicted molar refractivity (Wildman–Crippen MR) is 74.7 cm³/mol. The topological polar surface area (TPSA) is 82.5 Å². The number of nitrogens with zero attached hydrogens (tertiary/aromatic N) is 2. The van der Waals surface area contributed by atoms with Crippen LogP contribution in [0, 0.1) is 5.82 Å². The number of amides is 1. The molecule has 2 heterocycles. The second kappa shape index (κ2) is 6.51. The number of rotatable bonds is 4. The van der Waals surface area contributed by atoms with Gasteiger partial charge in [0.25, 0.3) is 0 Å². The Morgan fingerprint density at radius 2 is 2.05 bits per heavy atom. The van der Waals surface area contributed by atoms with Crippen molar-refractivity contribution in [2.24, 2.45) is 0 Å². The van der Waals surface area contributed by atoms with Crippen LogP contribution in [0.2, 0.25) is 0 Å². The van der Waals surface area contributed by atoms with Crippen molar-refractivity contribution in [3.05, 3.63) is 23.6 Å². The van der Waals surface area contributed by atoms with Crippen molar-refractivity contribution < 1.29 is 19.1 Å². The van der Waals surface area contributed by atoms with Gasteiger partial charge in [0.2, 0.25) is 5.91 Å². The number of carbonyl (C=O) groups excluding carboxylic acids is 1. The molecule has 2 N–H and O–H groups in total. The monoisotopic (exact) mass is 295 g/mol. The van der Waals surface area contributed by atoms with Gasteiger partial charge in [-0.1, -0.05) is 0 Å². The summed E-state index contributed by atoms with van der Waals surface area (Å²) in [6.45, 7) is 3.03. The largest absolute Gasteiger partial charge is 0.478 e. The van der Waals surface area contributed by atoms with E-state index in [2.05, 4.69) is 10.3 Å². The van der Waals surface area contributed by atoms with Gasteiger partial charge < -0.3 is 15.3 Å². The molecule has 1 aliphatic heterocycles. The standard InChI is InChI=1S/C14H18FN3O3/c1-9(13(19)18-7-3-2-4-8-18)17-12-11(15)10(14(20)21)5-6-16-12/h5-6,9H,2-4,7-8H2,1H3,(H,16,17)(H,20,21). The minimum atomic E-state index is -1.37. The number of aromatic carboxylic acids is 1. The van der Waals surface area contributed by atoms with Crippen LogP contribution in [0.15, 0.2) is 12.3 Å². The van der Waals surface area contributed by atoms with Crippen LogP contribution < -0.4 is 5.32 Å². The van der Waals surface area contributed by atoms with Gasteiger partial charge in [0.1, 0.15) is 11.6 Å². The summed E-state index contributed by atoms with van der Waals surface area (Å²) in [5, 5.41) is 11.5. The first-order valence-corrected chi connectivity index (χ1v) is 6.94. The lowest BCUT2D eigenvalue weighted by molar-refractivity contribution is -0.132. The number of aromatic nitrogens is 1. The van der Waals surface area contributed by atoms with Gasteiger partial charge >= 0.3 is 5.97 Å². The first-order valence-electron chi connectivity index (χ1n) is 6.94. The third kappa shape index (κ3) is 3.48. The summed E-state index contributed by atoms with van der Waals surface area (Å²) in [5.41, 5.74) is -0.467. The van der Waals surface area contributed by atoms with Gasteiger partial charge in [-0.25, -0.2) is 14.2 Å². The smallest absolute Gasteiger partial charge is 0.338 e. The normalized spacial score (nSPS) is 16.4. The highest BCUT2D eigenvalue weighted by atomic mass is 19.1. The van der Waals surface area contributed by atoms with E-state index in [1.54, 1.807) is 11.8 Å². The average Bonchev–Trinajstić information content (AvgIpc) is 2.49. The lowest BCUT2D eigenvalue weighted by Crippen LogP contribution is -2.44. The number of anilines is 1. The number of halogens is 1. The summed E-state index contributed by atoms with van der Waals surface area (Å²) in [4.78, 5) is 28.6. The van der Waals surface area contributed by atoms with Gasteiger partial charge in [0, 0.05) is 19.3 Å². The molecular weight excluding hydrogens is 277 g/mol. The number of piperidine rings is 1. The average molecular weight is 295 g/mol. The van der Waals surface area contributed by atoms with Gasteiger partial charge in [-0.05, 0) is 32.3 Å². The summed E-state index contributed by atoms with van der Waals surface area (Å²) in [6, 6.07) is 0.425. The molecule has 1 amide bonds. The Bertz CT molecular complexity index is 544. The van der Waals surface area contributed by atoms with E-state index in [1.165, 1.54) is 6.20 Å². The van der Waals surface area contributed by atoms with Crippen LogP contribution in [0.1, 0.15) is 36.5 Å². The Kier molecular flexibility index (Phi) is 4.72. The number of pyridine rings is 1. The summed E-state index contributed by atoms with van der Waals surface area (Å²) in [7, 11) is 0. The molecule has 0 saturated carbocycles. The first kappa shape index (κ1) is 15.2. The summed E-state index contributed by atoms with van der Waals surface area (Å²) >= 11 is 0. The number of likely N-dealkylation sites (tertiary alicyclic amines) is 1. The molecule has 2 rings (SSSR count). The van der Waals surface area contributed by atoms with Crippen molar-refractivity contribution in [2.75, 3.05) is 18.4 Å². The highest BCUT2D eigenvalue weighted by molar-refractivity contribution is 5.89. The molecule has 0 spiro atoms. The van der Waals surface area contributed by atoms with Crippen LogP contribution >= 0.6 is 0 Å². The Morgan fingerprint density at radius 3 is 2.67 bits per heavy atom. The summed E-state index contributed by atoms with van der Waals surface area (Å²) in [6.07, 6.45) is 4.26. The zero-order valence-electron chi connectivity index (χ0n) is 11.8. The van der Waals surface area contributed by atoms with Gasteiger partial charge in [-0.2, -0.15) is 0 Å². The molecule has 0 radical (unpaired) electrons. The van der Waals surface area contributed by atoms with Gasteiger partial charge in [-0.15, -0.1) is 0 Å². The maximum Gasteiger partial charge on any atom is 0.338 e. The molecule has 1 saturated heterocycles. The van der Waals surface area contributed by atoms with Crippen molar-refractivity contribution in [3.8, 4) is 0 Å². The molecule has 21 heavy (non-hydrogen) atoms. The molecule has 0 aromatic carbocycles. The minimum absolute atomic E-state index is 0.128. The van der Waals surface area contributed by atoms with E-state index in [4.69, 9.17) is 5.11 Å². The molecule has 1 aromatic rings. The molecule has 7 heteroatoms. The fourth-order valence-electron chi connectivity index (χ4n) is 2.36. The number of carboxylic acid groups (broad SMARTS) is 1. The van der Waals surface area contributed by atoms with E-state index < -0.39 is 23.4 Å². The van der Waals surface area contributed by atoms with Crippen molar-refractivity contribution in [1.82, 2.24) is 9.88 Å². The quantitative estimate of drug-likeness (QED) is 0.884. The van der Waals surface area contributed by atoms with Crippen molar-refractivity contribution in [3.63, 3.8) is 0 Å². The molecular formula is C14H18FN3O3. The maximum absolute atomic E-state index is 14.0. The van der Waals surface area contributed by atoms with E-state index in [1.807, 2.05) is 0 Å². The van der Waals surface area contributed by atoms with E-state index in [9.17, 15) is 14.0 Å². The number of carboxylic acids is 1. The lowest BCUT2D eigenvalue weighted by atomic mass is 10.1. The van der Waals surface area contributed by atoms with Crippen molar-refractivity contribution >= 4 is 17.7 Å². The molecule has 1 aromatic heterocycles. The summed E-state index contributed by atoms with van der Waals surface area (Å²) < 4.78 is 14.0. The van der Waals surface area contributed by atoms with Crippen LogP contribution in [-0.2, 0) is 4.79 Å². The highest BCUT2D eigenvalue weighted by Gasteiger charge is 2.24. The van der Waals surface area contributed by atoms with Crippen LogP contribution in [0.4, 0.5) is 10.2 Å². The molecule has 1 aliphatic rings. The van der Waals surface area contributed by atoms with Crippen molar-refractivity contribution in [2.45, 2.75) is 32.2 Å². The summed E-state index contributed by atoms with van der Waals surface area (Å²) in [5.74, 6) is -2.67. The Balaban J connectivity index is 2.08. The minimum Gasteiger partial charge on any atom is -0.478 e. The third-order valence-electron chi connectivity index (χ3n) is 3.51. The fraction of sp³-hybridized carbons (Fsp3) is 0.500.